The lowest BCUT2D eigenvalue weighted by molar-refractivity contribution is -0.186. The van der Waals surface area contributed by atoms with E-state index >= 15 is 0 Å². The maximum atomic E-state index is 11.3. The van der Waals surface area contributed by atoms with Crippen molar-refractivity contribution in [1.29, 1.82) is 0 Å². The maximum Gasteiger partial charge on any atom is 0.316 e. The molecule has 0 bridgehead atoms. The van der Waals surface area contributed by atoms with Gasteiger partial charge >= 0.3 is 5.97 Å². The van der Waals surface area contributed by atoms with Crippen molar-refractivity contribution < 1.29 is 14.6 Å². The summed E-state index contributed by atoms with van der Waals surface area (Å²) in [4.78, 5) is 15.3. The summed E-state index contributed by atoms with van der Waals surface area (Å²) in [6.45, 7) is 0.492. The van der Waals surface area contributed by atoms with Crippen molar-refractivity contribution >= 4 is 5.97 Å². The largest absolute Gasteiger partial charge is 0.481 e. The molecule has 2 rings (SSSR count). The Hall–Kier alpha value is -1.46. The molecule has 0 aromatic carbocycles. The second-order valence-corrected chi connectivity index (χ2v) is 3.96. The van der Waals surface area contributed by atoms with E-state index in [4.69, 9.17) is 4.74 Å². The molecule has 1 atom stereocenters. The summed E-state index contributed by atoms with van der Waals surface area (Å²) in [6, 6.07) is 3.40. The Labute approximate surface area is 93.5 Å². The fourth-order valence-corrected chi connectivity index (χ4v) is 2.05. The molecule has 1 saturated heterocycles. The van der Waals surface area contributed by atoms with E-state index in [1.807, 2.05) is 12.1 Å². The molecule has 0 aliphatic carbocycles. The van der Waals surface area contributed by atoms with E-state index in [-0.39, 0.29) is 19.3 Å². The van der Waals surface area contributed by atoms with Crippen molar-refractivity contribution in [3.63, 3.8) is 0 Å². The Bertz CT molecular complexity index is 376. The minimum Gasteiger partial charge on any atom is -0.481 e. The Balaban J connectivity index is 2.32. The van der Waals surface area contributed by atoms with E-state index in [2.05, 4.69) is 10.3 Å². The lowest BCUT2D eigenvalue weighted by atomic mass is 9.75. The minimum atomic E-state index is -0.851. The monoisotopic (exact) mass is 222 g/mol. The van der Waals surface area contributed by atoms with E-state index in [0.29, 0.717) is 0 Å². The van der Waals surface area contributed by atoms with Gasteiger partial charge in [0.2, 0.25) is 0 Å². The Morgan fingerprint density at radius 2 is 2.19 bits per heavy atom. The van der Waals surface area contributed by atoms with Crippen LogP contribution in [0.15, 0.2) is 24.5 Å². The molecular formula is C11H14N2O3. The third-order valence-corrected chi connectivity index (χ3v) is 3.03. The first-order chi connectivity index (χ1) is 7.70. The lowest BCUT2D eigenvalue weighted by Gasteiger charge is -2.43. The first-order valence-corrected chi connectivity index (χ1v) is 5.09. The summed E-state index contributed by atoms with van der Waals surface area (Å²) >= 11 is 0. The van der Waals surface area contributed by atoms with Crippen LogP contribution < -0.4 is 5.32 Å². The summed E-state index contributed by atoms with van der Waals surface area (Å²) in [6.07, 6.45) is 3.32. The quantitative estimate of drug-likeness (QED) is 0.773. The number of rotatable bonds is 4. The number of hydrogen-bond acceptors (Lipinski definition) is 4. The van der Waals surface area contributed by atoms with Crippen LogP contribution in [0.5, 0.6) is 0 Å². The zero-order valence-electron chi connectivity index (χ0n) is 9.01. The van der Waals surface area contributed by atoms with Gasteiger partial charge in [-0.3, -0.25) is 9.78 Å². The highest BCUT2D eigenvalue weighted by atomic mass is 16.5. The number of nitrogens with zero attached hydrogens (tertiary/aromatic N) is 1. The summed E-state index contributed by atoms with van der Waals surface area (Å²) in [5.41, 5.74) is 0.0685. The molecule has 1 aromatic rings. The van der Waals surface area contributed by atoms with Gasteiger partial charge in [0.05, 0.1) is 19.3 Å². The Morgan fingerprint density at radius 3 is 2.56 bits per heavy atom. The predicted octanol–water partition coefficient (Wildman–Crippen LogP) is 0.443. The van der Waals surface area contributed by atoms with Gasteiger partial charge in [0.15, 0.2) is 0 Å². The zero-order valence-corrected chi connectivity index (χ0v) is 9.01. The number of nitrogens with one attached hydrogen (secondary N) is 1. The summed E-state index contributed by atoms with van der Waals surface area (Å²) in [5, 5.41) is 12.4. The second-order valence-electron chi connectivity index (χ2n) is 3.96. The summed E-state index contributed by atoms with van der Waals surface area (Å²) < 4.78 is 5.07. The highest BCUT2D eigenvalue weighted by Crippen LogP contribution is 2.40. The molecule has 16 heavy (non-hydrogen) atoms. The number of carboxylic acids is 1. The van der Waals surface area contributed by atoms with E-state index < -0.39 is 11.4 Å². The fourth-order valence-electron chi connectivity index (χ4n) is 2.05. The van der Waals surface area contributed by atoms with E-state index in [0.717, 1.165) is 5.56 Å². The van der Waals surface area contributed by atoms with Gasteiger partial charge in [-0.25, -0.2) is 0 Å². The van der Waals surface area contributed by atoms with Gasteiger partial charge in [-0.2, -0.15) is 0 Å². The maximum absolute atomic E-state index is 11.3. The number of pyridine rings is 1. The average Bonchev–Trinajstić information content (AvgIpc) is 2.23. The normalized spacial score (nSPS) is 19.8. The summed E-state index contributed by atoms with van der Waals surface area (Å²) in [5.74, 6) is -0.824. The molecule has 0 saturated carbocycles. The van der Waals surface area contributed by atoms with Crippen LogP contribution >= 0.6 is 0 Å². The molecule has 1 fully saturated rings. The number of aliphatic carboxylic acids is 1. The van der Waals surface area contributed by atoms with Crippen molar-refractivity contribution in [2.75, 3.05) is 20.3 Å². The molecule has 2 heterocycles. The second kappa shape index (κ2) is 4.19. The van der Waals surface area contributed by atoms with Gasteiger partial charge in [-0.1, -0.05) is 0 Å². The lowest BCUT2D eigenvalue weighted by Crippen LogP contribution is -2.56. The summed E-state index contributed by atoms with van der Waals surface area (Å²) in [7, 11) is 1.76. The molecule has 1 unspecified atom stereocenters. The van der Waals surface area contributed by atoms with Crippen LogP contribution in [0.3, 0.4) is 0 Å². The van der Waals surface area contributed by atoms with Crippen LogP contribution in [0, 0.1) is 5.41 Å². The zero-order chi connectivity index (χ0) is 11.6. The van der Waals surface area contributed by atoms with Crippen LogP contribution in [-0.2, 0) is 9.53 Å². The van der Waals surface area contributed by atoms with Gasteiger partial charge < -0.3 is 15.2 Å². The molecule has 1 aliphatic rings. The molecule has 0 spiro atoms. The Kier molecular flexibility index (Phi) is 2.89. The molecule has 1 aliphatic heterocycles. The van der Waals surface area contributed by atoms with E-state index in [1.165, 1.54) is 0 Å². The van der Waals surface area contributed by atoms with Gasteiger partial charge in [0.25, 0.3) is 0 Å². The topological polar surface area (TPSA) is 71.5 Å². The molecule has 0 radical (unpaired) electrons. The first kappa shape index (κ1) is 11.0. The molecule has 1 aromatic heterocycles. The van der Waals surface area contributed by atoms with Crippen LogP contribution in [-0.4, -0.2) is 36.3 Å². The van der Waals surface area contributed by atoms with Gasteiger partial charge in [-0.05, 0) is 24.7 Å². The first-order valence-electron chi connectivity index (χ1n) is 5.09. The smallest absolute Gasteiger partial charge is 0.316 e. The molecule has 86 valence electrons. The standard InChI is InChI=1S/C11H14N2O3/c1-12-9(8-2-4-13-5-3-8)11(10(14)15)6-16-7-11/h2-5,9,12H,6-7H2,1H3,(H,14,15). The van der Waals surface area contributed by atoms with E-state index in [9.17, 15) is 9.90 Å². The number of ether oxygens (including phenoxy) is 1. The number of carbonyl (C=O) groups is 1. The predicted molar refractivity (Wildman–Crippen MR) is 56.9 cm³/mol. The minimum absolute atomic E-state index is 0.246. The number of carboxylic acid groups (broad SMARTS) is 1. The van der Waals surface area contributed by atoms with Crippen LogP contribution in [0.25, 0.3) is 0 Å². The van der Waals surface area contributed by atoms with Crippen molar-refractivity contribution in [3.05, 3.63) is 30.1 Å². The SMILES string of the molecule is CNC(c1ccncc1)C1(C(=O)O)COC1. The van der Waals surface area contributed by atoms with Crippen molar-refractivity contribution in [1.82, 2.24) is 10.3 Å². The number of aromatic nitrogens is 1. The third kappa shape index (κ3) is 1.58. The third-order valence-electron chi connectivity index (χ3n) is 3.03. The molecule has 2 N–H and O–H groups in total. The highest BCUT2D eigenvalue weighted by Gasteiger charge is 2.52. The van der Waals surface area contributed by atoms with Crippen LogP contribution in [0.1, 0.15) is 11.6 Å². The highest BCUT2D eigenvalue weighted by molar-refractivity contribution is 5.77. The van der Waals surface area contributed by atoms with Crippen molar-refractivity contribution in [2.45, 2.75) is 6.04 Å². The van der Waals surface area contributed by atoms with Crippen LogP contribution in [0.4, 0.5) is 0 Å². The molecular weight excluding hydrogens is 208 g/mol. The van der Waals surface area contributed by atoms with Crippen molar-refractivity contribution in [2.24, 2.45) is 5.41 Å². The average molecular weight is 222 g/mol. The van der Waals surface area contributed by atoms with Gasteiger partial charge in [-0.15, -0.1) is 0 Å². The van der Waals surface area contributed by atoms with Gasteiger partial charge in [0.1, 0.15) is 5.41 Å². The fraction of sp³-hybridized carbons (Fsp3) is 0.455. The molecule has 0 amide bonds. The van der Waals surface area contributed by atoms with Gasteiger partial charge in [0, 0.05) is 12.4 Å². The number of hydrogen-bond donors (Lipinski definition) is 2. The van der Waals surface area contributed by atoms with Crippen molar-refractivity contribution in [3.8, 4) is 0 Å². The van der Waals surface area contributed by atoms with E-state index in [1.54, 1.807) is 19.4 Å². The molecule has 5 heteroatoms. The van der Waals surface area contributed by atoms with Crippen LogP contribution in [0.2, 0.25) is 0 Å². The molecule has 5 nitrogen and oxygen atoms in total. The Morgan fingerprint density at radius 1 is 1.56 bits per heavy atom.